The largest absolute Gasteiger partial charge is 0.444 e. The molecule has 0 heterocycles. The first-order valence-electron chi connectivity index (χ1n) is 13.5. The number of nitrogens with one attached hydrogen (secondary N) is 2. The Kier molecular flexibility index (Phi) is 11.4. The standard InChI is InChI=1S/C31H45N3O4/c1-9-10-16-32-28(35)27(25-18-22(4)17-23(5)19-25)34(21(2)3)29(36)26(20-24-14-12-11-13-15-24)33-30(37)38-31(6,7)8/h11-15,17-19,21,26-27H,9-10,16,20H2,1-8H3,(H,32,35)(H,33,37). The number of aryl methyl sites for hydroxylation is 2. The summed E-state index contributed by atoms with van der Waals surface area (Å²) in [5.74, 6) is -0.578. The molecule has 208 valence electrons. The molecule has 0 saturated heterocycles. The average molecular weight is 524 g/mol. The summed E-state index contributed by atoms with van der Waals surface area (Å²) in [6.07, 6.45) is 1.38. The first-order chi connectivity index (χ1) is 17.8. The van der Waals surface area contributed by atoms with Crippen LogP contribution in [0.1, 0.15) is 82.7 Å². The van der Waals surface area contributed by atoms with Gasteiger partial charge in [0.2, 0.25) is 11.8 Å². The van der Waals surface area contributed by atoms with E-state index in [4.69, 9.17) is 4.74 Å². The molecule has 0 radical (unpaired) electrons. The van der Waals surface area contributed by atoms with Crippen LogP contribution in [0.25, 0.3) is 0 Å². The lowest BCUT2D eigenvalue weighted by atomic mass is 9.96. The van der Waals surface area contributed by atoms with Crippen LogP contribution in [0.4, 0.5) is 4.79 Å². The zero-order valence-electron chi connectivity index (χ0n) is 24.3. The van der Waals surface area contributed by atoms with E-state index < -0.39 is 23.8 Å². The molecule has 7 heteroatoms. The van der Waals surface area contributed by atoms with Crippen molar-refractivity contribution in [3.8, 4) is 0 Å². The van der Waals surface area contributed by atoms with Crippen molar-refractivity contribution in [3.05, 3.63) is 70.8 Å². The van der Waals surface area contributed by atoms with E-state index in [1.54, 1.807) is 25.7 Å². The Bertz CT molecular complexity index is 1060. The van der Waals surface area contributed by atoms with Crippen LogP contribution in [0.15, 0.2) is 48.5 Å². The molecular weight excluding hydrogens is 478 g/mol. The van der Waals surface area contributed by atoms with Crippen LogP contribution in [-0.2, 0) is 20.7 Å². The summed E-state index contributed by atoms with van der Waals surface area (Å²) in [6.45, 7) is 15.7. The maximum atomic E-state index is 14.3. The lowest BCUT2D eigenvalue weighted by Gasteiger charge is -2.37. The maximum Gasteiger partial charge on any atom is 0.408 e. The van der Waals surface area contributed by atoms with Crippen LogP contribution >= 0.6 is 0 Å². The summed E-state index contributed by atoms with van der Waals surface area (Å²) < 4.78 is 5.49. The number of carbonyl (C=O) groups excluding carboxylic acids is 3. The number of hydrogen-bond donors (Lipinski definition) is 2. The van der Waals surface area contributed by atoms with Crippen LogP contribution < -0.4 is 10.6 Å². The Morgan fingerprint density at radius 2 is 1.58 bits per heavy atom. The molecule has 2 atom stereocenters. The molecule has 0 aliphatic carbocycles. The second-order valence-corrected chi connectivity index (χ2v) is 11.2. The van der Waals surface area contributed by atoms with Gasteiger partial charge in [0.15, 0.2) is 0 Å². The third-order valence-electron chi connectivity index (χ3n) is 6.00. The summed E-state index contributed by atoms with van der Waals surface area (Å²) in [6, 6.07) is 13.4. The number of carbonyl (C=O) groups is 3. The number of nitrogens with zero attached hydrogens (tertiary/aromatic N) is 1. The lowest BCUT2D eigenvalue weighted by molar-refractivity contribution is -0.144. The van der Waals surface area contributed by atoms with Gasteiger partial charge in [0.05, 0.1) is 0 Å². The quantitative estimate of drug-likeness (QED) is 0.374. The molecule has 38 heavy (non-hydrogen) atoms. The molecule has 3 amide bonds. The maximum absolute atomic E-state index is 14.3. The van der Waals surface area contributed by atoms with E-state index in [0.29, 0.717) is 6.54 Å². The van der Waals surface area contributed by atoms with Gasteiger partial charge in [-0.2, -0.15) is 0 Å². The average Bonchev–Trinajstić information content (AvgIpc) is 2.80. The van der Waals surface area contributed by atoms with Crippen molar-refractivity contribution in [1.29, 1.82) is 0 Å². The Morgan fingerprint density at radius 3 is 2.11 bits per heavy atom. The summed E-state index contributed by atoms with van der Waals surface area (Å²) in [5.41, 5.74) is 2.93. The lowest BCUT2D eigenvalue weighted by Crippen LogP contribution is -2.55. The fourth-order valence-electron chi connectivity index (χ4n) is 4.45. The molecule has 2 unspecified atom stereocenters. The SMILES string of the molecule is CCCCNC(=O)C(c1cc(C)cc(C)c1)N(C(=O)C(Cc1ccccc1)NC(=O)OC(C)(C)C)C(C)C. The van der Waals surface area contributed by atoms with Gasteiger partial charge in [-0.25, -0.2) is 4.79 Å². The van der Waals surface area contributed by atoms with Gasteiger partial charge in [0, 0.05) is 19.0 Å². The van der Waals surface area contributed by atoms with Crippen molar-refractivity contribution in [2.75, 3.05) is 6.54 Å². The van der Waals surface area contributed by atoms with Gasteiger partial charge < -0.3 is 20.3 Å². The molecule has 2 rings (SSSR count). The number of amides is 3. The first-order valence-corrected chi connectivity index (χ1v) is 13.5. The Labute approximate surface area is 228 Å². The zero-order chi connectivity index (χ0) is 28.5. The minimum absolute atomic E-state index is 0.235. The summed E-state index contributed by atoms with van der Waals surface area (Å²) >= 11 is 0. The highest BCUT2D eigenvalue weighted by atomic mass is 16.6. The third kappa shape index (κ3) is 9.51. The Balaban J connectivity index is 2.54. The topological polar surface area (TPSA) is 87.7 Å². The predicted octanol–water partition coefficient (Wildman–Crippen LogP) is 5.63. The predicted molar refractivity (Wildman–Crippen MR) is 152 cm³/mol. The minimum Gasteiger partial charge on any atom is -0.444 e. The van der Waals surface area contributed by atoms with E-state index in [9.17, 15) is 14.4 Å². The van der Waals surface area contributed by atoms with E-state index in [1.807, 2.05) is 76.2 Å². The van der Waals surface area contributed by atoms with Crippen molar-refractivity contribution in [1.82, 2.24) is 15.5 Å². The van der Waals surface area contributed by atoms with Crippen LogP contribution in [0, 0.1) is 13.8 Å². The van der Waals surface area contributed by atoms with Gasteiger partial charge in [0.25, 0.3) is 0 Å². The van der Waals surface area contributed by atoms with E-state index in [-0.39, 0.29) is 24.3 Å². The van der Waals surface area contributed by atoms with E-state index in [0.717, 1.165) is 35.1 Å². The molecule has 0 spiro atoms. The molecule has 0 saturated carbocycles. The second kappa shape index (κ2) is 14.0. The molecule has 0 bridgehead atoms. The molecule has 0 aliphatic rings. The highest BCUT2D eigenvalue weighted by molar-refractivity contribution is 5.92. The highest BCUT2D eigenvalue weighted by Crippen LogP contribution is 2.27. The number of rotatable bonds is 11. The monoisotopic (exact) mass is 523 g/mol. The van der Waals surface area contributed by atoms with Crippen molar-refractivity contribution in [2.45, 2.75) is 98.4 Å². The van der Waals surface area contributed by atoms with Gasteiger partial charge in [-0.05, 0) is 66.0 Å². The molecule has 0 aliphatic heterocycles. The molecule has 0 aromatic heterocycles. The molecule has 0 fully saturated rings. The van der Waals surface area contributed by atoms with Gasteiger partial charge in [0.1, 0.15) is 17.7 Å². The number of alkyl carbamates (subject to hydrolysis) is 1. The van der Waals surface area contributed by atoms with Gasteiger partial charge in [-0.1, -0.05) is 73.0 Å². The van der Waals surface area contributed by atoms with E-state index in [1.165, 1.54) is 0 Å². The van der Waals surface area contributed by atoms with Crippen LogP contribution in [-0.4, -0.2) is 47.0 Å². The van der Waals surface area contributed by atoms with Crippen molar-refractivity contribution in [3.63, 3.8) is 0 Å². The molecule has 7 nitrogen and oxygen atoms in total. The van der Waals surface area contributed by atoms with Crippen molar-refractivity contribution >= 4 is 17.9 Å². The fourth-order valence-corrected chi connectivity index (χ4v) is 4.45. The summed E-state index contributed by atoms with van der Waals surface area (Å²) in [5, 5.41) is 5.82. The van der Waals surface area contributed by atoms with E-state index >= 15 is 0 Å². The summed E-state index contributed by atoms with van der Waals surface area (Å²) in [7, 11) is 0. The number of hydrogen-bond acceptors (Lipinski definition) is 4. The zero-order valence-corrected chi connectivity index (χ0v) is 24.3. The second-order valence-electron chi connectivity index (χ2n) is 11.2. The first kappa shape index (κ1) is 30.9. The van der Waals surface area contributed by atoms with Crippen LogP contribution in [0.2, 0.25) is 0 Å². The fraction of sp³-hybridized carbons (Fsp3) is 0.516. The van der Waals surface area contributed by atoms with Gasteiger partial charge >= 0.3 is 6.09 Å². The number of unbranched alkanes of at least 4 members (excludes halogenated alkanes) is 1. The normalized spacial score (nSPS) is 13.0. The smallest absolute Gasteiger partial charge is 0.408 e. The molecular formula is C31H45N3O4. The number of ether oxygens (including phenoxy) is 1. The number of benzene rings is 2. The van der Waals surface area contributed by atoms with Crippen molar-refractivity contribution in [2.24, 2.45) is 0 Å². The van der Waals surface area contributed by atoms with Gasteiger partial charge in [-0.15, -0.1) is 0 Å². The van der Waals surface area contributed by atoms with Crippen LogP contribution in [0.3, 0.4) is 0 Å². The molecule has 2 aromatic carbocycles. The molecule has 2 aromatic rings. The van der Waals surface area contributed by atoms with Crippen molar-refractivity contribution < 1.29 is 19.1 Å². The molecule has 2 N–H and O–H groups in total. The minimum atomic E-state index is -0.925. The summed E-state index contributed by atoms with van der Waals surface area (Å²) in [4.78, 5) is 42.4. The van der Waals surface area contributed by atoms with Gasteiger partial charge in [-0.3, -0.25) is 9.59 Å². The van der Waals surface area contributed by atoms with Crippen LogP contribution in [0.5, 0.6) is 0 Å². The Morgan fingerprint density at radius 1 is 0.974 bits per heavy atom. The third-order valence-corrected chi connectivity index (χ3v) is 6.00. The highest BCUT2D eigenvalue weighted by Gasteiger charge is 2.38. The Hall–Kier alpha value is -3.35. The van der Waals surface area contributed by atoms with E-state index in [2.05, 4.69) is 17.6 Å².